The maximum absolute atomic E-state index is 11.8. The average molecular weight is 289 g/mol. The Morgan fingerprint density at radius 3 is 3.05 bits per heavy atom. The maximum atomic E-state index is 11.8. The first-order valence-corrected chi connectivity index (χ1v) is 7.00. The molecule has 1 aromatic rings. The molecule has 0 amide bonds. The smallest absolute Gasteiger partial charge is 0.505 e. The van der Waals surface area contributed by atoms with Crippen LogP contribution in [0, 0.1) is 0 Å². The van der Waals surface area contributed by atoms with Gasteiger partial charge in [-0.1, -0.05) is 30.3 Å². The van der Waals surface area contributed by atoms with Crippen LogP contribution in [-0.4, -0.2) is 49.5 Å². The Morgan fingerprint density at radius 2 is 2.29 bits per heavy atom. The first kappa shape index (κ1) is 15.8. The van der Waals surface area contributed by atoms with Crippen LogP contribution in [0.1, 0.15) is 12.0 Å². The minimum absolute atomic E-state index is 0.131. The van der Waals surface area contributed by atoms with Crippen LogP contribution >= 0.6 is 0 Å². The van der Waals surface area contributed by atoms with Crippen molar-refractivity contribution in [2.45, 2.75) is 19.1 Å². The van der Waals surface area contributed by atoms with Crippen LogP contribution in [0.3, 0.4) is 0 Å². The number of β-amino-alcohol motifs (C(OH)–C–C–N with tert-alkyl or cyclic N) is 1. The molecule has 21 heavy (non-hydrogen) atoms. The van der Waals surface area contributed by atoms with Crippen molar-refractivity contribution in [3.05, 3.63) is 42.5 Å². The van der Waals surface area contributed by atoms with Gasteiger partial charge >= 0.3 is 13.1 Å². The summed E-state index contributed by atoms with van der Waals surface area (Å²) in [6, 6.07) is 7.61. The molecule has 1 heterocycles. The summed E-state index contributed by atoms with van der Waals surface area (Å²) in [5.74, 6) is -0.368. The van der Waals surface area contributed by atoms with Gasteiger partial charge in [-0.15, -0.1) is 6.58 Å². The van der Waals surface area contributed by atoms with E-state index in [4.69, 9.17) is 9.31 Å². The van der Waals surface area contributed by atoms with Gasteiger partial charge in [-0.3, -0.25) is 9.69 Å². The fourth-order valence-electron chi connectivity index (χ4n) is 2.31. The quantitative estimate of drug-likeness (QED) is 0.639. The summed E-state index contributed by atoms with van der Waals surface area (Å²) in [5.41, 5.74) is 1.80. The van der Waals surface area contributed by atoms with Crippen molar-refractivity contribution in [3.8, 4) is 0 Å². The number of aliphatic hydroxyl groups excluding tert-OH is 1. The van der Waals surface area contributed by atoms with E-state index < -0.39 is 13.4 Å². The van der Waals surface area contributed by atoms with Gasteiger partial charge < -0.3 is 14.4 Å². The SMILES string of the molecule is C=CCCc1ccccc1B1OC(=O)CN(C)CC(O)O1. The fraction of sp³-hybridized carbons (Fsp3) is 0.400. The van der Waals surface area contributed by atoms with E-state index in [1.165, 1.54) is 0 Å². The van der Waals surface area contributed by atoms with E-state index in [0.29, 0.717) is 0 Å². The van der Waals surface area contributed by atoms with Crippen molar-refractivity contribution < 1.29 is 19.2 Å². The molecule has 0 radical (unpaired) electrons. The van der Waals surface area contributed by atoms with Crippen molar-refractivity contribution in [3.63, 3.8) is 0 Å². The van der Waals surface area contributed by atoms with Crippen molar-refractivity contribution >= 4 is 18.6 Å². The average Bonchev–Trinajstić information content (AvgIpc) is 2.43. The number of hydrogen-bond acceptors (Lipinski definition) is 5. The topological polar surface area (TPSA) is 59.0 Å². The van der Waals surface area contributed by atoms with Crippen LogP contribution in [0.5, 0.6) is 0 Å². The predicted molar refractivity (Wildman–Crippen MR) is 81.0 cm³/mol. The first-order valence-electron chi connectivity index (χ1n) is 7.00. The zero-order chi connectivity index (χ0) is 15.2. The number of aryl methyl sites for hydroxylation is 1. The second kappa shape index (κ2) is 7.40. The number of hydrogen-bond donors (Lipinski definition) is 1. The molecule has 1 atom stereocenters. The Bertz CT molecular complexity index is 508. The van der Waals surface area contributed by atoms with E-state index in [1.54, 1.807) is 11.9 Å². The Balaban J connectivity index is 2.22. The van der Waals surface area contributed by atoms with Crippen LogP contribution in [0.4, 0.5) is 0 Å². The number of benzene rings is 1. The lowest BCUT2D eigenvalue weighted by atomic mass is 9.74. The summed E-state index contributed by atoms with van der Waals surface area (Å²) in [4.78, 5) is 13.5. The van der Waals surface area contributed by atoms with Gasteiger partial charge in [0.25, 0.3) is 0 Å². The number of rotatable bonds is 4. The number of nitrogens with zero attached hydrogens (tertiary/aromatic N) is 1. The highest BCUT2D eigenvalue weighted by Crippen LogP contribution is 2.08. The van der Waals surface area contributed by atoms with E-state index in [0.717, 1.165) is 23.9 Å². The third-order valence-electron chi connectivity index (χ3n) is 3.31. The van der Waals surface area contributed by atoms with Crippen molar-refractivity contribution in [1.29, 1.82) is 0 Å². The van der Waals surface area contributed by atoms with Gasteiger partial charge in [-0.05, 0) is 25.5 Å². The van der Waals surface area contributed by atoms with Crippen LogP contribution in [0.25, 0.3) is 0 Å². The van der Waals surface area contributed by atoms with E-state index >= 15 is 0 Å². The van der Waals surface area contributed by atoms with Gasteiger partial charge in [-0.25, -0.2) is 0 Å². The summed E-state index contributed by atoms with van der Waals surface area (Å²) in [6.07, 6.45) is 2.45. The largest absolute Gasteiger partial charge is 0.566 e. The first-order chi connectivity index (χ1) is 10.1. The zero-order valence-corrected chi connectivity index (χ0v) is 12.2. The molecule has 0 saturated carbocycles. The zero-order valence-electron chi connectivity index (χ0n) is 12.2. The minimum atomic E-state index is -0.999. The van der Waals surface area contributed by atoms with Gasteiger partial charge in [0.2, 0.25) is 0 Å². The normalized spacial score (nSPS) is 20.6. The molecule has 0 aliphatic carbocycles. The highest BCUT2D eigenvalue weighted by Gasteiger charge is 2.33. The van der Waals surface area contributed by atoms with E-state index in [2.05, 4.69) is 6.58 Å². The summed E-state index contributed by atoms with van der Waals surface area (Å²) < 4.78 is 10.8. The molecular weight excluding hydrogens is 269 g/mol. The van der Waals surface area contributed by atoms with Crippen LogP contribution in [0.2, 0.25) is 0 Å². The van der Waals surface area contributed by atoms with E-state index in [-0.39, 0.29) is 19.1 Å². The number of carbonyl (C=O) groups excluding carboxylic acids is 1. The van der Waals surface area contributed by atoms with Crippen molar-refractivity contribution in [1.82, 2.24) is 4.90 Å². The van der Waals surface area contributed by atoms with Crippen LogP contribution in [0.15, 0.2) is 36.9 Å². The van der Waals surface area contributed by atoms with Crippen molar-refractivity contribution in [2.75, 3.05) is 20.1 Å². The lowest BCUT2D eigenvalue weighted by Crippen LogP contribution is -2.50. The molecule has 1 aliphatic heterocycles. The summed E-state index contributed by atoms with van der Waals surface area (Å²) >= 11 is 0. The van der Waals surface area contributed by atoms with Crippen LogP contribution in [-0.2, 0) is 20.5 Å². The Labute approximate surface area is 125 Å². The molecule has 6 heteroatoms. The molecule has 0 spiro atoms. The van der Waals surface area contributed by atoms with Gasteiger partial charge in [0.15, 0.2) is 6.29 Å². The summed E-state index contributed by atoms with van der Waals surface area (Å²) in [7, 11) is 0.855. The second-order valence-electron chi connectivity index (χ2n) is 5.14. The molecule has 0 bridgehead atoms. The van der Waals surface area contributed by atoms with Gasteiger partial charge in [0, 0.05) is 12.0 Å². The second-order valence-corrected chi connectivity index (χ2v) is 5.14. The molecule has 2 rings (SSSR count). The molecule has 1 fully saturated rings. The molecule has 5 nitrogen and oxygen atoms in total. The van der Waals surface area contributed by atoms with Gasteiger partial charge in [0.1, 0.15) is 0 Å². The van der Waals surface area contributed by atoms with Gasteiger partial charge in [0.05, 0.1) is 6.54 Å². The van der Waals surface area contributed by atoms with E-state index in [1.807, 2.05) is 30.3 Å². The van der Waals surface area contributed by atoms with E-state index in [9.17, 15) is 9.90 Å². The molecule has 1 saturated heterocycles. The van der Waals surface area contributed by atoms with Crippen molar-refractivity contribution in [2.24, 2.45) is 0 Å². The third-order valence-corrected chi connectivity index (χ3v) is 3.31. The lowest BCUT2D eigenvalue weighted by molar-refractivity contribution is -0.143. The molecule has 1 aromatic carbocycles. The third kappa shape index (κ3) is 4.42. The minimum Gasteiger partial charge on any atom is -0.505 e. The van der Waals surface area contributed by atoms with Crippen LogP contribution < -0.4 is 5.46 Å². The molecule has 1 N–H and O–H groups in total. The summed E-state index contributed by atoms with van der Waals surface area (Å²) in [5, 5.41) is 9.90. The Kier molecular flexibility index (Phi) is 5.55. The number of allylic oxidation sites excluding steroid dienone is 1. The standard InChI is InChI=1S/C15H20BNO4/c1-3-4-7-12-8-5-6-9-13(12)16-20-14(18)10-17(2)11-15(19)21-16/h3,5-6,8-9,14,18H,1,4,7,10-11H2,2H3. The molecule has 112 valence electrons. The molecule has 1 aliphatic rings. The lowest BCUT2D eigenvalue weighted by Gasteiger charge is -2.27. The fourth-order valence-corrected chi connectivity index (χ4v) is 2.31. The Hall–Kier alpha value is -1.63. The molecule has 1 unspecified atom stereocenters. The molecule has 0 aromatic heterocycles. The highest BCUT2D eigenvalue weighted by atomic mass is 16.7. The number of aliphatic hydroxyl groups is 1. The highest BCUT2D eigenvalue weighted by molar-refractivity contribution is 6.63. The number of likely N-dealkylation sites (N-methyl/N-ethyl adjacent to an activating group) is 1. The predicted octanol–water partition coefficient (Wildman–Crippen LogP) is 0.324. The maximum Gasteiger partial charge on any atom is 0.566 e. The summed E-state index contributed by atoms with van der Waals surface area (Å²) in [6.45, 7) is 4.11. The Morgan fingerprint density at radius 1 is 1.52 bits per heavy atom. The van der Waals surface area contributed by atoms with Gasteiger partial charge in [-0.2, -0.15) is 0 Å². The monoisotopic (exact) mass is 289 g/mol. The number of carbonyl (C=O) groups is 1. The molecular formula is C15H20BNO4.